The van der Waals surface area contributed by atoms with E-state index in [1.165, 1.54) is 12.1 Å². The molecule has 0 bridgehead atoms. The molecule has 3 heterocycles. The Kier molecular flexibility index (Phi) is 5.62. The Labute approximate surface area is 172 Å². The third-order valence-corrected chi connectivity index (χ3v) is 6.07. The first-order chi connectivity index (χ1) is 14.2. The van der Waals surface area contributed by atoms with E-state index in [0.717, 1.165) is 0 Å². The van der Waals surface area contributed by atoms with Gasteiger partial charge in [-0.3, -0.25) is 0 Å². The van der Waals surface area contributed by atoms with E-state index in [1.807, 2.05) is 30.3 Å². The second-order valence-corrected chi connectivity index (χ2v) is 9.59. The third-order valence-electron chi connectivity index (χ3n) is 4.66. The Balaban J connectivity index is 1.92. The maximum atomic E-state index is 12.5. The quantitative estimate of drug-likeness (QED) is 0.314. The second kappa shape index (κ2) is 8.07. The van der Waals surface area contributed by atoms with E-state index in [9.17, 15) is 14.8 Å². The van der Waals surface area contributed by atoms with Gasteiger partial charge < -0.3 is 0 Å². The normalized spacial score (nSPS) is 25.9. The van der Waals surface area contributed by atoms with Crippen LogP contribution in [0.15, 0.2) is 35.1 Å². The predicted molar refractivity (Wildman–Crippen MR) is 115 cm³/mol. The van der Waals surface area contributed by atoms with E-state index < -0.39 is 31.8 Å². The SMILES string of the molecule is B[PH]1(O)OC[C@H](C)O[C@@H](n2c(-c3ccccc3)nc3c(=O)[nH]c(N)nc32)[C@@H](O)CO1. The van der Waals surface area contributed by atoms with Crippen LogP contribution in [0.4, 0.5) is 5.95 Å². The first kappa shape index (κ1) is 20.9. The number of aromatic amines is 1. The number of hydrogen-bond acceptors (Lipinski definition) is 9. The third kappa shape index (κ3) is 4.11. The van der Waals surface area contributed by atoms with Crippen molar-refractivity contribution >= 4 is 32.5 Å². The molecule has 2 aromatic heterocycles. The molecule has 0 amide bonds. The van der Waals surface area contributed by atoms with Crippen LogP contribution in [-0.2, 0) is 13.8 Å². The number of nitrogens with one attached hydrogen (secondary N) is 1. The number of imidazole rings is 1. The molecule has 30 heavy (non-hydrogen) atoms. The fraction of sp³-hybridized carbons (Fsp3) is 0.353. The van der Waals surface area contributed by atoms with Crippen molar-refractivity contribution in [2.45, 2.75) is 25.4 Å². The standard InChI is InChI=1S/C17H23BN5O6P/c1-9-7-27-30(18,26)28-8-11(24)16(29-9)23-13(10-5-3-2-4-6-10)20-12-14(23)21-17(19)22-15(12)25/h2-6,9,11,16,24,26,30H,7-8,18H2,1H3,(H3,19,21,22,25)/t9-,11-,16+/m0/s1. The number of fused-ring (bicyclic) bond motifs is 1. The minimum absolute atomic E-state index is 0.0601. The first-order valence-electron chi connectivity index (χ1n) is 9.42. The van der Waals surface area contributed by atoms with Gasteiger partial charge in [-0.1, -0.05) is 0 Å². The van der Waals surface area contributed by atoms with Crippen molar-refractivity contribution in [2.75, 3.05) is 18.9 Å². The molecule has 11 nitrogen and oxygen atoms in total. The van der Waals surface area contributed by atoms with Crippen molar-refractivity contribution in [2.24, 2.45) is 0 Å². The number of rotatable bonds is 2. The molecule has 0 unspecified atom stereocenters. The Bertz CT molecular complexity index is 1110. The van der Waals surface area contributed by atoms with Crippen molar-refractivity contribution < 1.29 is 23.8 Å². The fourth-order valence-corrected chi connectivity index (χ4v) is 4.38. The Hall–Kier alpha value is -2.34. The molecule has 4 rings (SSSR count). The molecule has 1 fully saturated rings. The number of ether oxygens (including phenoxy) is 1. The van der Waals surface area contributed by atoms with Crippen LogP contribution in [0.2, 0.25) is 0 Å². The molecule has 0 radical (unpaired) electrons. The molecule has 1 aromatic carbocycles. The van der Waals surface area contributed by atoms with E-state index in [-0.39, 0.29) is 30.3 Å². The number of nitrogens with two attached hydrogens (primary N) is 1. The molecule has 3 atom stereocenters. The number of aliphatic hydroxyl groups is 1. The van der Waals surface area contributed by atoms with Gasteiger partial charge in [0.25, 0.3) is 0 Å². The molecule has 0 aliphatic carbocycles. The Morgan fingerprint density at radius 1 is 1.27 bits per heavy atom. The van der Waals surface area contributed by atoms with Gasteiger partial charge >= 0.3 is 172 Å². The van der Waals surface area contributed by atoms with E-state index in [2.05, 4.69) is 15.0 Å². The van der Waals surface area contributed by atoms with Gasteiger partial charge in [-0.15, -0.1) is 0 Å². The van der Waals surface area contributed by atoms with Crippen LogP contribution in [0.3, 0.4) is 0 Å². The van der Waals surface area contributed by atoms with Crippen LogP contribution >= 0.6 is 7.82 Å². The Morgan fingerprint density at radius 3 is 2.70 bits per heavy atom. The number of nitrogen functional groups attached to an aromatic ring is 1. The molecule has 160 valence electrons. The summed E-state index contributed by atoms with van der Waals surface area (Å²) in [5.74, 6) is 0.281. The summed E-state index contributed by atoms with van der Waals surface area (Å²) in [5, 5.41) is 10.9. The summed E-state index contributed by atoms with van der Waals surface area (Å²) in [6, 6.07) is 9.14. The van der Waals surface area contributed by atoms with Crippen molar-refractivity contribution in [3.63, 3.8) is 0 Å². The zero-order valence-corrected chi connectivity index (χ0v) is 17.5. The summed E-state index contributed by atoms with van der Waals surface area (Å²) >= 11 is 0. The fourth-order valence-electron chi connectivity index (χ4n) is 3.27. The number of benzene rings is 1. The molecule has 0 spiro atoms. The molecule has 13 heteroatoms. The van der Waals surface area contributed by atoms with E-state index in [1.54, 1.807) is 6.92 Å². The van der Waals surface area contributed by atoms with E-state index in [0.29, 0.717) is 11.4 Å². The van der Waals surface area contributed by atoms with Crippen LogP contribution < -0.4 is 11.3 Å². The molecule has 3 aromatic rings. The number of nitrogens with zero attached hydrogens (tertiary/aromatic N) is 3. The van der Waals surface area contributed by atoms with Crippen molar-refractivity contribution in [1.29, 1.82) is 0 Å². The van der Waals surface area contributed by atoms with Crippen molar-refractivity contribution in [3.05, 3.63) is 40.7 Å². The zero-order valence-electron chi connectivity index (χ0n) is 16.5. The number of hydrogen-bond donors (Lipinski definition) is 4. The van der Waals surface area contributed by atoms with Gasteiger partial charge in [0, 0.05) is 0 Å². The van der Waals surface area contributed by atoms with Crippen molar-refractivity contribution in [3.8, 4) is 11.4 Å². The average Bonchev–Trinajstić information content (AvgIpc) is 3.10. The number of anilines is 1. The summed E-state index contributed by atoms with van der Waals surface area (Å²) in [6.07, 6.45) is -2.75. The maximum absolute atomic E-state index is 12.5. The summed E-state index contributed by atoms with van der Waals surface area (Å²) < 4.78 is 18.5. The first-order valence-corrected chi connectivity index (χ1v) is 11.7. The molecule has 0 saturated carbocycles. The van der Waals surface area contributed by atoms with Crippen LogP contribution in [-0.4, -0.2) is 62.5 Å². The topological polar surface area (TPSA) is 158 Å². The van der Waals surface area contributed by atoms with Gasteiger partial charge in [0.05, 0.1) is 0 Å². The van der Waals surface area contributed by atoms with Crippen molar-refractivity contribution in [1.82, 2.24) is 19.5 Å². The zero-order chi connectivity index (χ0) is 21.5. The number of aliphatic hydroxyl groups excluding tert-OH is 1. The molecule has 1 saturated heterocycles. The molecule has 5 N–H and O–H groups in total. The van der Waals surface area contributed by atoms with Gasteiger partial charge in [-0.05, 0) is 0 Å². The monoisotopic (exact) mass is 435 g/mol. The van der Waals surface area contributed by atoms with Gasteiger partial charge in [0.1, 0.15) is 0 Å². The molecular formula is C17H23BN5O6P. The number of H-pyrrole nitrogens is 1. The molecule has 1 aliphatic heterocycles. The minimum atomic E-state index is -3.41. The van der Waals surface area contributed by atoms with Crippen LogP contribution in [0.1, 0.15) is 13.2 Å². The summed E-state index contributed by atoms with van der Waals surface area (Å²) in [7, 11) is -1.94. The molecule has 1 aliphatic rings. The van der Waals surface area contributed by atoms with Gasteiger partial charge in [-0.2, -0.15) is 0 Å². The summed E-state index contributed by atoms with van der Waals surface area (Å²) in [4.78, 5) is 33.9. The summed E-state index contributed by atoms with van der Waals surface area (Å²) in [6.45, 7) is 1.56. The van der Waals surface area contributed by atoms with Crippen LogP contribution in [0, 0.1) is 0 Å². The van der Waals surface area contributed by atoms with E-state index >= 15 is 0 Å². The molecular weight excluding hydrogens is 412 g/mol. The van der Waals surface area contributed by atoms with Crippen LogP contribution in [0.25, 0.3) is 22.6 Å². The summed E-state index contributed by atoms with van der Waals surface area (Å²) in [5.41, 5.74) is 6.17. The number of aromatic nitrogens is 4. The van der Waals surface area contributed by atoms with E-state index in [4.69, 9.17) is 19.5 Å². The van der Waals surface area contributed by atoms with Crippen LogP contribution in [0.5, 0.6) is 0 Å². The predicted octanol–water partition coefficient (Wildman–Crippen LogP) is -0.284. The Morgan fingerprint density at radius 2 is 1.97 bits per heavy atom. The van der Waals surface area contributed by atoms with Gasteiger partial charge in [0.15, 0.2) is 0 Å². The average molecular weight is 435 g/mol. The van der Waals surface area contributed by atoms with Gasteiger partial charge in [-0.25, -0.2) is 0 Å². The van der Waals surface area contributed by atoms with Gasteiger partial charge in [0.2, 0.25) is 0 Å². The second-order valence-electron chi connectivity index (χ2n) is 7.22.